The number of methoxy groups -OCH3 is 1. The van der Waals surface area contributed by atoms with Gasteiger partial charge in [0.05, 0.1) is 12.1 Å². The van der Waals surface area contributed by atoms with E-state index >= 15 is 0 Å². The van der Waals surface area contributed by atoms with E-state index in [0.29, 0.717) is 40.0 Å². The lowest BCUT2D eigenvalue weighted by molar-refractivity contribution is -0.122. The number of ether oxygens (including phenoxy) is 2. The van der Waals surface area contributed by atoms with Crippen molar-refractivity contribution in [1.29, 1.82) is 0 Å². The molecule has 1 fully saturated rings. The van der Waals surface area contributed by atoms with Crippen LogP contribution in [0.1, 0.15) is 18.1 Å². The number of halogens is 2. The monoisotopic (exact) mass is 434 g/mol. The van der Waals surface area contributed by atoms with Gasteiger partial charge in [-0.3, -0.25) is 9.69 Å². The van der Waals surface area contributed by atoms with Gasteiger partial charge < -0.3 is 14.4 Å². The number of rotatable bonds is 6. The van der Waals surface area contributed by atoms with Crippen LogP contribution in [0.25, 0.3) is 6.08 Å². The first-order valence-corrected chi connectivity index (χ1v) is 9.71. The van der Waals surface area contributed by atoms with E-state index in [1.54, 1.807) is 48.4 Å². The number of likely N-dealkylation sites (N-methyl/N-ethyl adjacent to an activating group) is 2. The second-order valence-corrected chi connectivity index (χ2v) is 7.11. The Morgan fingerprint density at radius 3 is 2.62 bits per heavy atom. The molecular weight excluding hydrogens is 415 g/mol. The molecule has 29 heavy (non-hydrogen) atoms. The van der Waals surface area contributed by atoms with Gasteiger partial charge in [0.25, 0.3) is 5.91 Å². The zero-order valence-electron chi connectivity index (χ0n) is 16.2. The minimum atomic E-state index is -0.358. The van der Waals surface area contributed by atoms with Crippen molar-refractivity contribution in [3.8, 4) is 11.5 Å². The van der Waals surface area contributed by atoms with Gasteiger partial charge in [-0.1, -0.05) is 29.8 Å². The van der Waals surface area contributed by atoms with Crippen molar-refractivity contribution in [2.24, 2.45) is 0 Å². The van der Waals surface area contributed by atoms with E-state index in [4.69, 9.17) is 33.3 Å². The fourth-order valence-corrected chi connectivity index (χ4v) is 3.56. The van der Waals surface area contributed by atoms with Gasteiger partial charge in [-0.05, 0) is 49.0 Å². The minimum absolute atomic E-state index is 0.00411. The largest absolute Gasteiger partial charge is 0.493 e. The third-order valence-corrected chi connectivity index (χ3v) is 5.32. The van der Waals surface area contributed by atoms with E-state index in [-0.39, 0.29) is 23.4 Å². The molecule has 0 bridgehead atoms. The highest BCUT2D eigenvalue weighted by molar-refractivity contribution is 7.80. The average Bonchev–Trinajstić information content (AvgIpc) is 2.90. The van der Waals surface area contributed by atoms with Crippen molar-refractivity contribution in [3.05, 3.63) is 64.1 Å². The molecule has 8 heteroatoms. The zero-order valence-corrected chi connectivity index (χ0v) is 17.8. The molecule has 0 spiro atoms. The molecule has 1 heterocycles. The molecule has 0 radical (unpaired) electrons. The molecule has 2 aromatic rings. The van der Waals surface area contributed by atoms with Gasteiger partial charge in [-0.2, -0.15) is 0 Å². The molecule has 0 saturated carbocycles. The van der Waals surface area contributed by atoms with Crippen molar-refractivity contribution in [1.82, 2.24) is 9.80 Å². The number of thiocarbonyl (C=S) groups is 1. The number of amides is 1. The standard InChI is InChI=1S/C21H20ClFN2O3S/c1-4-25-20(26)17(24(2)21(25)29)10-13-9-15(22)19(18(11-13)27-3)28-12-14-7-5-6-8-16(14)23/h5-11H,4,12H2,1-3H3. The Morgan fingerprint density at radius 2 is 2.00 bits per heavy atom. The summed E-state index contributed by atoms with van der Waals surface area (Å²) < 4.78 is 24.9. The number of carbonyl (C=O) groups is 1. The molecular formula is C21H20ClFN2O3S. The van der Waals surface area contributed by atoms with Crippen molar-refractivity contribution in [2.45, 2.75) is 13.5 Å². The maximum Gasteiger partial charge on any atom is 0.276 e. The summed E-state index contributed by atoms with van der Waals surface area (Å²) in [4.78, 5) is 15.7. The summed E-state index contributed by atoms with van der Waals surface area (Å²) in [5, 5.41) is 0.738. The van der Waals surface area contributed by atoms with Crippen molar-refractivity contribution in [2.75, 3.05) is 20.7 Å². The zero-order chi connectivity index (χ0) is 21.1. The van der Waals surface area contributed by atoms with Crippen LogP contribution in [0.3, 0.4) is 0 Å². The van der Waals surface area contributed by atoms with E-state index in [1.807, 2.05) is 6.92 Å². The number of hydrogen-bond acceptors (Lipinski definition) is 4. The second-order valence-electron chi connectivity index (χ2n) is 6.33. The Hall–Kier alpha value is -2.64. The van der Waals surface area contributed by atoms with Gasteiger partial charge in [-0.15, -0.1) is 0 Å². The van der Waals surface area contributed by atoms with Gasteiger partial charge in [0, 0.05) is 19.2 Å². The Morgan fingerprint density at radius 1 is 1.28 bits per heavy atom. The van der Waals surface area contributed by atoms with Gasteiger partial charge in [0.15, 0.2) is 16.6 Å². The first-order chi connectivity index (χ1) is 13.9. The lowest BCUT2D eigenvalue weighted by Gasteiger charge is -2.15. The Bertz CT molecular complexity index is 996. The molecule has 1 amide bonds. The molecule has 0 N–H and O–H groups in total. The van der Waals surface area contributed by atoms with Gasteiger partial charge in [0.2, 0.25) is 0 Å². The molecule has 1 saturated heterocycles. The maximum atomic E-state index is 13.8. The minimum Gasteiger partial charge on any atom is -0.493 e. The summed E-state index contributed by atoms with van der Waals surface area (Å²) >= 11 is 11.7. The summed E-state index contributed by atoms with van der Waals surface area (Å²) in [7, 11) is 3.23. The Kier molecular flexibility index (Phi) is 6.39. The predicted octanol–water partition coefficient (Wildman–Crippen LogP) is 4.49. The molecule has 152 valence electrons. The number of hydrogen-bond donors (Lipinski definition) is 0. The smallest absolute Gasteiger partial charge is 0.276 e. The molecule has 0 aliphatic carbocycles. The Labute approximate surface area is 179 Å². The van der Waals surface area contributed by atoms with E-state index in [2.05, 4.69) is 0 Å². The van der Waals surface area contributed by atoms with Crippen LogP contribution in [0.2, 0.25) is 5.02 Å². The SMILES string of the molecule is CCN1C(=O)C(=Cc2cc(Cl)c(OCc3ccccc3F)c(OC)c2)N(C)C1=S. The summed E-state index contributed by atoms with van der Waals surface area (Å²) in [6.07, 6.45) is 1.69. The van der Waals surface area contributed by atoms with Crippen molar-refractivity contribution >= 4 is 40.9 Å². The summed E-state index contributed by atoms with van der Waals surface area (Å²) in [6, 6.07) is 9.71. The van der Waals surface area contributed by atoms with Crippen LogP contribution < -0.4 is 9.47 Å². The van der Waals surface area contributed by atoms with Crippen LogP contribution in [0.5, 0.6) is 11.5 Å². The molecule has 0 atom stereocenters. The molecule has 1 aliphatic rings. The average molecular weight is 435 g/mol. The first kappa shape index (κ1) is 21.1. The highest BCUT2D eigenvalue weighted by atomic mass is 35.5. The van der Waals surface area contributed by atoms with Gasteiger partial charge in [-0.25, -0.2) is 4.39 Å². The van der Waals surface area contributed by atoms with E-state index in [9.17, 15) is 9.18 Å². The Balaban J connectivity index is 1.90. The topological polar surface area (TPSA) is 42.0 Å². The molecule has 5 nitrogen and oxygen atoms in total. The lowest BCUT2D eigenvalue weighted by atomic mass is 10.1. The van der Waals surface area contributed by atoms with Crippen molar-refractivity contribution < 1.29 is 18.7 Å². The third kappa shape index (κ3) is 4.21. The van der Waals surface area contributed by atoms with Crippen LogP contribution in [-0.2, 0) is 11.4 Å². The maximum absolute atomic E-state index is 13.8. The summed E-state index contributed by atoms with van der Waals surface area (Å²) in [5.41, 5.74) is 1.50. The fourth-order valence-electron chi connectivity index (χ4n) is 2.98. The normalized spacial score (nSPS) is 15.4. The first-order valence-electron chi connectivity index (χ1n) is 8.92. The third-order valence-electron chi connectivity index (χ3n) is 4.54. The van der Waals surface area contributed by atoms with E-state index < -0.39 is 0 Å². The highest BCUT2D eigenvalue weighted by Gasteiger charge is 2.34. The quantitative estimate of drug-likeness (QED) is 0.495. The van der Waals surface area contributed by atoms with Gasteiger partial charge >= 0.3 is 0 Å². The molecule has 2 aromatic carbocycles. The number of nitrogens with zero attached hydrogens (tertiary/aromatic N) is 2. The van der Waals surface area contributed by atoms with Crippen LogP contribution in [0.15, 0.2) is 42.1 Å². The summed E-state index contributed by atoms with van der Waals surface area (Å²) in [6.45, 7) is 2.36. The molecule has 0 aromatic heterocycles. The number of carbonyl (C=O) groups excluding carboxylic acids is 1. The van der Waals surface area contributed by atoms with Crippen LogP contribution in [0.4, 0.5) is 4.39 Å². The second kappa shape index (κ2) is 8.80. The van der Waals surface area contributed by atoms with Crippen LogP contribution >= 0.6 is 23.8 Å². The lowest BCUT2D eigenvalue weighted by Crippen LogP contribution is -2.30. The van der Waals surface area contributed by atoms with Crippen LogP contribution in [-0.4, -0.2) is 41.5 Å². The molecule has 1 aliphatic heterocycles. The van der Waals surface area contributed by atoms with Crippen LogP contribution in [0, 0.1) is 5.82 Å². The fraction of sp³-hybridized carbons (Fsp3) is 0.238. The predicted molar refractivity (Wildman–Crippen MR) is 114 cm³/mol. The molecule has 0 unspecified atom stereocenters. The highest BCUT2D eigenvalue weighted by Crippen LogP contribution is 2.38. The van der Waals surface area contributed by atoms with E-state index in [1.165, 1.54) is 18.1 Å². The molecule has 3 rings (SSSR count). The van der Waals surface area contributed by atoms with E-state index in [0.717, 1.165) is 0 Å². The summed E-state index contributed by atoms with van der Waals surface area (Å²) in [5.74, 6) is 0.151. The van der Waals surface area contributed by atoms with Crippen molar-refractivity contribution in [3.63, 3.8) is 0 Å². The number of benzene rings is 2. The van der Waals surface area contributed by atoms with Gasteiger partial charge in [0.1, 0.15) is 18.1 Å².